The van der Waals surface area contributed by atoms with Crippen LogP contribution in [0, 0.1) is 23.2 Å². The number of carbonyl (C=O) groups is 1. The minimum Gasteiger partial charge on any atom is -0.759 e. The topological polar surface area (TPSA) is 223 Å². The third kappa shape index (κ3) is 8.41. The number of nitrogens with two attached hydrogens (primary N) is 1. The Balaban J connectivity index is 0.000000295. The number of hydrogen-bond donors (Lipinski definition) is 5. The van der Waals surface area contributed by atoms with Gasteiger partial charge >= 0.3 is 0 Å². The highest BCUT2D eigenvalue weighted by atomic mass is 32.3. The van der Waals surface area contributed by atoms with E-state index in [2.05, 4.69) is 11.4 Å². The van der Waals surface area contributed by atoms with Crippen LogP contribution < -0.4 is 11.1 Å². The Morgan fingerprint density at radius 1 is 1.27 bits per heavy atom. The van der Waals surface area contributed by atoms with Crippen molar-refractivity contribution in [2.75, 3.05) is 26.2 Å². The normalized spacial score (nSPS) is 35.1. The van der Waals surface area contributed by atoms with Crippen LogP contribution in [0.25, 0.3) is 0 Å². The van der Waals surface area contributed by atoms with Crippen molar-refractivity contribution in [3.05, 3.63) is 0 Å². The molecule has 0 spiro atoms. The summed E-state index contributed by atoms with van der Waals surface area (Å²) in [4.78, 5) is 14.2. The van der Waals surface area contributed by atoms with E-state index in [0.29, 0.717) is 24.9 Å². The second kappa shape index (κ2) is 11.4. The van der Waals surface area contributed by atoms with E-state index in [0.717, 1.165) is 44.9 Å². The van der Waals surface area contributed by atoms with Crippen molar-refractivity contribution >= 4 is 16.3 Å². The summed E-state index contributed by atoms with van der Waals surface area (Å²) in [6.07, 6.45) is 7.14. The minimum absolute atomic E-state index is 0.0453. The highest BCUT2D eigenvalue weighted by Gasteiger charge is 2.57. The first-order chi connectivity index (χ1) is 15.3. The second-order valence-corrected chi connectivity index (χ2v) is 10.5. The van der Waals surface area contributed by atoms with Gasteiger partial charge in [0.2, 0.25) is 5.91 Å². The number of nitrogens with one attached hydrogen (secondary N) is 1. The van der Waals surface area contributed by atoms with Gasteiger partial charge < -0.3 is 40.4 Å². The van der Waals surface area contributed by atoms with Crippen LogP contribution in [0.15, 0.2) is 0 Å². The van der Waals surface area contributed by atoms with Gasteiger partial charge in [0.05, 0.1) is 30.9 Å². The smallest absolute Gasteiger partial charge is 0.237 e. The van der Waals surface area contributed by atoms with Gasteiger partial charge in [0, 0.05) is 29.0 Å². The fourth-order valence-corrected chi connectivity index (χ4v) is 6.06. The Hall–Kier alpha value is -1.37. The Morgan fingerprint density at radius 2 is 1.85 bits per heavy atom. The molecule has 13 heteroatoms. The molecule has 4 saturated carbocycles. The predicted octanol–water partition coefficient (Wildman–Crippen LogP) is -1.87. The largest absolute Gasteiger partial charge is 0.759 e. The van der Waals surface area contributed by atoms with E-state index < -0.39 is 22.1 Å². The third-order valence-corrected chi connectivity index (χ3v) is 6.85. The lowest BCUT2D eigenvalue weighted by molar-refractivity contribution is -0.147. The molecule has 4 atom stereocenters. The van der Waals surface area contributed by atoms with Crippen LogP contribution in [0.1, 0.15) is 51.4 Å². The van der Waals surface area contributed by atoms with Gasteiger partial charge in [-0.2, -0.15) is 5.26 Å². The average molecular weight is 491 g/mol. The number of aliphatic hydroxyl groups is 3. The molecule has 33 heavy (non-hydrogen) atoms. The van der Waals surface area contributed by atoms with Crippen molar-refractivity contribution in [1.29, 1.82) is 5.26 Å². The zero-order valence-corrected chi connectivity index (χ0v) is 19.4. The Morgan fingerprint density at radius 3 is 2.27 bits per heavy atom. The molecular weight excluding hydrogens is 456 g/mol. The molecule has 4 aliphatic carbocycles. The average Bonchev–Trinajstić information content (AvgIpc) is 3.18. The molecule has 5 rings (SSSR count). The molecule has 0 aromatic carbocycles. The number of carbonyl (C=O) groups excluding carboxylic acids is 1. The molecule has 1 amide bonds. The van der Waals surface area contributed by atoms with Crippen molar-refractivity contribution in [2.24, 2.45) is 17.6 Å². The maximum absolute atomic E-state index is 12.4. The third-order valence-electron chi connectivity index (χ3n) is 6.85. The highest BCUT2D eigenvalue weighted by Crippen LogP contribution is 2.57. The first kappa shape index (κ1) is 27.9. The van der Waals surface area contributed by atoms with E-state index in [-0.39, 0.29) is 30.6 Å². The summed E-state index contributed by atoms with van der Waals surface area (Å²) in [5, 5.41) is 39.7. The van der Waals surface area contributed by atoms with E-state index in [9.17, 15) is 9.90 Å². The van der Waals surface area contributed by atoms with Gasteiger partial charge in [0.25, 0.3) is 0 Å². The van der Waals surface area contributed by atoms with Crippen molar-refractivity contribution in [1.82, 2.24) is 10.2 Å². The van der Waals surface area contributed by atoms with E-state index in [1.54, 1.807) is 4.90 Å². The molecule has 0 aromatic rings. The number of aliphatic hydroxyl groups excluding tert-OH is 2. The summed E-state index contributed by atoms with van der Waals surface area (Å²) < 4.78 is 34.1. The molecule has 190 valence electrons. The lowest BCUT2D eigenvalue weighted by atomic mass is 9.51. The molecule has 1 saturated heterocycles. The molecule has 12 nitrogen and oxygen atoms in total. The van der Waals surface area contributed by atoms with E-state index in [1.165, 1.54) is 6.42 Å². The molecule has 5 aliphatic rings. The molecule has 0 radical (unpaired) electrons. The van der Waals surface area contributed by atoms with Crippen LogP contribution in [0.2, 0.25) is 0 Å². The first-order valence-corrected chi connectivity index (χ1v) is 12.5. The van der Waals surface area contributed by atoms with Crippen LogP contribution in [-0.2, 0) is 15.2 Å². The van der Waals surface area contributed by atoms with Gasteiger partial charge in [-0.25, -0.2) is 0 Å². The fourth-order valence-electron chi connectivity index (χ4n) is 6.06. The van der Waals surface area contributed by atoms with Crippen LogP contribution in [0.4, 0.5) is 0 Å². The van der Waals surface area contributed by atoms with Crippen molar-refractivity contribution < 1.29 is 37.6 Å². The summed E-state index contributed by atoms with van der Waals surface area (Å²) >= 11 is 0. The number of nitriles is 1. The van der Waals surface area contributed by atoms with E-state index in [1.807, 2.05) is 0 Å². The van der Waals surface area contributed by atoms with Crippen molar-refractivity contribution in [2.45, 2.75) is 74.7 Å². The van der Waals surface area contributed by atoms with Crippen molar-refractivity contribution in [3.8, 4) is 6.07 Å². The van der Waals surface area contributed by atoms with Gasteiger partial charge in [0.1, 0.15) is 6.04 Å². The van der Waals surface area contributed by atoms with Crippen molar-refractivity contribution in [3.63, 3.8) is 0 Å². The monoisotopic (exact) mass is 490 g/mol. The molecule has 6 N–H and O–H groups in total. The zero-order chi connectivity index (χ0) is 24.9. The molecule has 5 fully saturated rings. The number of likely N-dealkylation sites (tertiary alicyclic amines) is 1. The lowest BCUT2D eigenvalue weighted by Gasteiger charge is -2.60. The lowest BCUT2D eigenvalue weighted by Crippen LogP contribution is -2.65. The molecule has 1 heterocycles. The Labute approximate surface area is 194 Å². The molecule has 4 bridgehead atoms. The SMILES string of the molecule is N#C[C@@H]1CCCN1C(=O)CNC12CC3CC(CC(O)(C3)C1)C2.NCC(O)CO.O=S(=O)([O-])[O-]. The molecule has 3 unspecified atom stereocenters. The van der Waals surface area contributed by atoms with Crippen LogP contribution >= 0.6 is 0 Å². The van der Waals surface area contributed by atoms with Gasteiger partial charge in [-0.05, 0) is 63.2 Å². The van der Waals surface area contributed by atoms with Crippen LogP contribution in [0.5, 0.6) is 0 Å². The summed E-state index contributed by atoms with van der Waals surface area (Å²) in [5.41, 5.74) is 4.33. The zero-order valence-electron chi connectivity index (χ0n) is 18.6. The number of nitrogens with zero attached hydrogens (tertiary/aromatic N) is 2. The quantitative estimate of drug-likeness (QED) is 0.212. The van der Waals surface area contributed by atoms with Crippen LogP contribution in [-0.4, -0.2) is 93.2 Å². The summed E-state index contributed by atoms with van der Waals surface area (Å²) in [5.74, 6) is 1.28. The maximum Gasteiger partial charge on any atom is 0.237 e. The van der Waals surface area contributed by atoms with Gasteiger partial charge in [0.15, 0.2) is 0 Å². The second-order valence-electron chi connectivity index (χ2n) is 9.67. The van der Waals surface area contributed by atoms with Gasteiger partial charge in [-0.3, -0.25) is 13.2 Å². The molecular formula is C20H34N4O8S-2. The number of amides is 1. The predicted molar refractivity (Wildman–Crippen MR) is 113 cm³/mol. The number of hydrogen-bond acceptors (Lipinski definition) is 11. The summed E-state index contributed by atoms with van der Waals surface area (Å²) in [6.45, 7) is 0.918. The Bertz CT molecular complexity index is 791. The minimum atomic E-state index is -5.17. The van der Waals surface area contributed by atoms with Gasteiger partial charge in [-0.15, -0.1) is 0 Å². The summed E-state index contributed by atoms with van der Waals surface area (Å²) in [6, 6.07) is 1.99. The summed E-state index contributed by atoms with van der Waals surface area (Å²) in [7, 11) is -5.17. The van der Waals surface area contributed by atoms with Crippen LogP contribution in [0.3, 0.4) is 0 Å². The molecule has 1 aliphatic heterocycles. The number of rotatable bonds is 5. The first-order valence-electron chi connectivity index (χ1n) is 11.1. The maximum atomic E-state index is 12.4. The standard InChI is InChI=1S/C17H25N3O2.C3H9NO2.H2O4S/c18-9-14-2-1-3-20(14)15(21)10-19-16-5-12-4-13(6-16)8-17(22,7-12)11-16;4-1-3(6)2-5;1-5(2,3)4/h12-14,19,22H,1-8,10-11H2;3,5-6H,1-2,4H2;(H2,1,2,3,4)/p-2/t12?,13?,14-,16?,17?;;/m0../s1. The Kier molecular flexibility index (Phi) is 9.60. The molecule has 0 aromatic heterocycles. The van der Waals surface area contributed by atoms with E-state index >= 15 is 0 Å². The highest BCUT2D eigenvalue weighted by molar-refractivity contribution is 7.79. The fraction of sp³-hybridized carbons (Fsp3) is 0.900. The van der Waals surface area contributed by atoms with E-state index in [4.69, 9.17) is 38.7 Å². The van der Waals surface area contributed by atoms with Gasteiger partial charge in [-0.1, -0.05) is 0 Å².